The second kappa shape index (κ2) is 4.14. The zero-order valence-electron chi connectivity index (χ0n) is 7.62. The lowest BCUT2D eigenvalue weighted by atomic mass is 10.3. The number of nitrogens with two attached hydrogens (primary N) is 1. The standard InChI is InChI=1S/C8H16N2OS/c1-6(5-12-2)10-4-7(9)3-8(10)11/h6-7H,3-5,9H2,1-2H3. The molecule has 1 saturated heterocycles. The number of hydrogen-bond donors (Lipinski definition) is 1. The minimum absolute atomic E-state index is 0.0572. The summed E-state index contributed by atoms with van der Waals surface area (Å²) in [7, 11) is 0. The molecule has 4 heteroatoms. The summed E-state index contributed by atoms with van der Waals surface area (Å²) in [5.41, 5.74) is 5.68. The van der Waals surface area contributed by atoms with Crippen LogP contribution in [-0.2, 0) is 4.79 Å². The molecule has 1 aliphatic rings. The summed E-state index contributed by atoms with van der Waals surface area (Å²) >= 11 is 1.77. The number of thioether (sulfide) groups is 1. The quantitative estimate of drug-likeness (QED) is 0.693. The van der Waals surface area contributed by atoms with Crippen molar-refractivity contribution in [3.8, 4) is 0 Å². The monoisotopic (exact) mass is 188 g/mol. The van der Waals surface area contributed by atoms with Crippen LogP contribution in [0.5, 0.6) is 0 Å². The zero-order chi connectivity index (χ0) is 9.14. The first-order chi connectivity index (χ1) is 5.65. The van der Waals surface area contributed by atoms with Crippen LogP contribution >= 0.6 is 11.8 Å². The van der Waals surface area contributed by atoms with Crippen molar-refractivity contribution < 1.29 is 4.79 Å². The van der Waals surface area contributed by atoms with Gasteiger partial charge in [-0.05, 0) is 13.2 Å². The maximum Gasteiger partial charge on any atom is 0.224 e. The molecule has 1 fully saturated rings. The number of rotatable bonds is 3. The van der Waals surface area contributed by atoms with E-state index in [9.17, 15) is 4.79 Å². The SMILES string of the molecule is CSCC(C)N1CC(N)CC1=O. The van der Waals surface area contributed by atoms with Crippen LogP contribution in [0, 0.1) is 0 Å². The highest BCUT2D eigenvalue weighted by atomic mass is 32.2. The molecular formula is C8H16N2OS. The van der Waals surface area contributed by atoms with E-state index in [0.717, 1.165) is 12.3 Å². The Balaban J connectivity index is 2.46. The first kappa shape index (κ1) is 9.86. The Morgan fingerprint density at radius 2 is 2.50 bits per heavy atom. The molecule has 70 valence electrons. The van der Waals surface area contributed by atoms with Gasteiger partial charge in [0.2, 0.25) is 5.91 Å². The Labute approximate surface area is 77.7 Å². The molecule has 1 amide bonds. The molecular weight excluding hydrogens is 172 g/mol. The lowest BCUT2D eigenvalue weighted by molar-refractivity contribution is -0.128. The number of amides is 1. The Kier molecular flexibility index (Phi) is 3.40. The van der Waals surface area contributed by atoms with Crippen LogP contribution in [0.15, 0.2) is 0 Å². The lowest BCUT2D eigenvalue weighted by Crippen LogP contribution is -2.37. The second-order valence-corrected chi connectivity index (χ2v) is 4.23. The van der Waals surface area contributed by atoms with Crippen molar-refractivity contribution >= 4 is 17.7 Å². The van der Waals surface area contributed by atoms with Crippen molar-refractivity contribution in [1.82, 2.24) is 4.90 Å². The summed E-state index contributed by atoms with van der Waals surface area (Å²) in [4.78, 5) is 13.2. The van der Waals surface area contributed by atoms with Crippen molar-refractivity contribution in [1.29, 1.82) is 0 Å². The maximum absolute atomic E-state index is 11.3. The van der Waals surface area contributed by atoms with E-state index in [2.05, 4.69) is 13.2 Å². The van der Waals surface area contributed by atoms with Crippen molar-refractivity contribution in [3.05, 3.63) is 0 Å². The average molecular weight is 188 g/mol. The molecule has 1 aliphatic heterocycles. The molecule has 0 aromatic rings. The van der Waals surface area contributed by atoms with Gasteiger partial charge in [0.1, 0.15) is 0 Å². The molecule has 0 bridgehead atoms. The van der Waals surface area contributed by atoms with Crippen molar-refractivity contribution in [2.75, 3.05) is 18.6 Å². The van der Waals surface area contributed by atoms with Gasteiger partial charge in [-0.25, -0.2) is 0 Å². The van der Waals surface area contributed by atoms with Crippen LogP contribution in [-0.4, -0.2) is 41.4 Å². The molecule has 0 radical (unpaired) electrons. The van der Waals surface area contributed by atoms with Crippen LogP contribution in [0.2, 0.25) is 0 Å². The van der Waals surface area contributed by atoms with E-state index < -0.39 is 0 Å². The molecule has 0 aromatic heterocycles. The smallest absolute Gasteiger partial charge is 0.224 e. The van der Waals surface area contributed by atoms with E-state index in [0.29, 0.717) is 12.5 Å². The largest absolute Gasteiger partial charge is 0.338 e. The fourth-order valence-corrected chi connectivity index (χ4v) is 2.18. The molecule has 0 spiro atoms. The minimum Gasteiger partial charge on any atom is -0.338 e. The molecule has 1 heterocycles. The maximum atomic E-state index is 11.3. The third kappa shape index (κ3) is 2.14. The first-order valence-corrected chi connectivity index (χ1v) is 5.58. The summed E-state index contributed by atoms with van der Waals surface area (Å²) < 4.78 is 0. The Hall–Kier alpha value is -0.220. The predicted molar refractivity (Wildman–Crippen MR) is 52.1 cm³/mol. The summed E-state index contributed by atoms with van der Waals surface area (Å²) in [5.74, 6) is 1.21. The molecule has 2 atom stereocenters. The van der Waals surface area contributed by atoms with E-state index in [1.165, 1.54) is 0 Å². The van der Waals surface area contributed by atoms with Gasteiger partial charge < -0.3 is 10.6 Å². The fourth-order valence-electron chi connectivity index (χ4n) is 1.52. The topological polar surface area (TPSA) is 46.3 Å². The van der Waals surface area contributed by atoms with E-state index >= 15 is 0 Å². The molecule has 2 unspecified atom stereocenters. The van der Waals surface area contributed by atoms with Gasteiger partial charge in [0, 0.05) is 30.8 Å². The number of hydrogen-bond acceptors (Lipinski definition) is 3. The van der Waals surface area contributed by atoms with Crippen LogP contribution in [0.25, 0.3) is 0 Å². The summed E-state index contributed by atoms with van der Waals surface area (Å²) in [5, 5.41) is 0. The number of carbonyl (C=O) groups is 1. The van der Waals surface area contributed by atoms with Crippen molar-refractivity contribution in [3.63, 3.8) is 0 Å². The van der Waals surface area contributed by atoms with Gasteiger partial charge in [-0.1, -0.05) is 0 Å². The van der Waals surface area contributed by atoms with Gasteiger partial charge in [-0.2, -0.15) is 11.8 Å². The molecule has 1 rings (SSSR count). The highest BCUT2D eigenvalue weighted by molar-refractivity contribution is 7.98. The van der Waals surface area contributed by atoms with Crippen LogP contribution in [0.4, 0.5) is 0 Å². The molecule has 3 nitrogen and oxygen atoms in total. The van der Waals surface area contributed by atoms with Gasteiger partial charge in [0.25, 0.3) is 0 Å². The first-order valence-electron chi connectivity index (χ1n) is 4.19. The predicted octanol–water partition coefficient (Wildman–Crippen LogP) is 0.298. The normalized spacial score (nSPS) is 26.4. The Morgan fingerprint density at radius 1 is 1.83 bits per heavy atom. The van der Waals surface area contributed by atoms with Gasteiger partial charge in [-0.3, -0.25) is 4.79 Å². The lowest BCUT2D eigenvalue weighted by Gasteiger charge is -2.23. The van der Waals surface area contributed by atoms with Crippen molar-refractivity contribution in [2.24, 2.45) is 5.73 Å². The Bertz CT molecular complexity index is 174. The van der Waals surface area contributed by atoms with E-state index in [1.54, 1.807) is 11.8 Å². The molecule has 2 N–H and O–H groups in total. The fraction of sp³-hybridized carbons (Fsp3) is 0.875. The van der Waals surface area contributed by atoms with Gasteiger partial charge in [-0.15, -0.1) is 0 Å². The van der Waals surface area contributed by atoms with Gasteiger partial charge >= 0.3 is 0 Å². The summed E-state index contributed by atoms with van der Waals surface area (Å²) in [6.45, 7) is 2.81. The van der Waals surface area contributed by atoms with Gasteiger partial charge in [0.15, 0.2) is 0 Å². The van der Waals surface area contributed by atoms with E-state index in [4.69, 9.17) is 5.73 Å². The molecule has 0 saturated carbocycles. The Morgan fingerprint density at radius 3 is 2.92 bits per heavy atom. The van der Waals surface area contributed by atoms with Crippen molar-refractivity contribution in [2.45, 2.75) is 25.4 Å². The van der Waals surface area contributed by atoms with Crippen LogP contribution < -0.4 is 5.73 Å². The molecule has 0 aliphatic carbocycles. The highest BCUT2D eigenvalue weighted by Crippen LogP contribution is 2.14. The van der Waals surface area contributed by atoms with Gasteiger partial charge in [0.05, 0.1) is 0 Å². The molecule has 0 aromatic carbocycles. The molecule has 12 heavy (non-hydrogen) atoms. The minimum atomic E-state index is 0.0572. The van der Waals surface area contributed by atoms with E-state index in [-0.39, 0.29) is 11.9 Å². The number of likely N-dealkylation sites (tertiary alicyclic amines) is 1. The summed E-state index contributed by atoms with van der Waals surface area (Å²) in [6.07, 6.45) is 2.58. The van der Waals surface area contributed by atoms with E-state index in [1.807, 2.05) is 4.90 Å². The number of nitrogens with zero attached hydrogens (tertiary/aromatic N) is 1. The third-order valence-corrected chi connectivity index (χ3v) is 2.94. The third-order valence-electron chi connectivity index (χ3n) is 2.13. The zero-order valence-corrected chi connectivity index (χ0v) is 8.43. The van der Waals surface area contributed by atoms with Crippen LogP contribution in [0.3, 0.4) is 0 Å². The van der Waals surface area contributed by atoms with Crippen LogP contribution in [0.1, 0.15) is 13.3 Å². The second-order valence-electron chi connectivity index (χ2n) is 3.31. The highest BCUT2D eigenvalue weighted by Gasteiger charge is 2.29. The summed E-state index contributed by atoms with van der Waals surface area (Å²) in [6, 6.07) is 0.392. The average Bonchev–Trinajstić information content (AvgIpc) is 2.30. The number of carbonyl (C=O) groups excluding carboxylic acids is 1.